The van der Waals surface area contributed by atoms with Gasteiger partial charge in [-0.1, -0.05) is 24.8 Å². The molecule has 1 aromatic heterocycles. The predicted molar refractivity (Wildman–Crippen MR) is 82.2 cm³/mol. The van der Waals surface area contributed by atoms with Crippen molar-refractivity contribution in [3.63, 3.8) is 0 Å². The van der Waals surface area contributed by atoms with Gasteiger partial charge >= 0.3 is 0 Å². The largest absolute Gasteiger partial charge is 0.381 e. The summed E-state index contributed by atoms with van der Waals surface area (Å²) in [6.45, 7) is 3.35. The number of rotatable bonds is 5. The summed E-state index contributed by atoms with van der Waals surface area (Å²) in [6.07, 6.45) is 2.41. The van der Waals surface area contributed by atoms with E-state index in [2.05, 4.69) is 15.5 Å². The lowest BCUT2D eigenvalue weighted by molar-refractivity contribution is 0.0631. The lowest BCUT2D eigenvalue weighted by atomic mass is 10.1. The minimum absolute atomic E-state index is 0.166. The van der Waals surface area contributed by atoms with Crippen molar-refractivity contribution < 1.29 is 13.5 Å². The summed E-state index contributed by atoms with van der Waals surface area (Å²) in [6, 6.07) is 3.90. The molecule has 0 amide bonds. The van der Waals surface area contributed by atoms with E-state index in [-0.39, 0.29) is 11.3 Å². The topological polar surface area (TPSA) is 52.8 Å². The van der Waals surface area contributed by atoms with Crippen molar-refractivity contribution in [3.05, 3.63) is 35.4 Å². The molecule has 0 N–H and O–H groups in total. The summed E-state index contributed by atoms with van der Waals surface area (Å²) >= 11 is 1.41. The minimum Gasteiger partial charge on any atom is -0.381 e. The molecule has 2 aromatic rings. The molecule has 0 spiro atoms. The number of halogens is 2. The molecular weight excluding hydrogens is 322 g/mol. The number of thioether (sulfide) groups is 1. The van der Waals surface area contributed by atoms with Crippen LogP contribution >= 0.6 is 11.8 Å². The molecule has 1 aliphatic rings. The number of hydrogen-bond donors (Lipinski definition) is 0. The molecule has 0 aliphatic carbocycles. The second kappa shape index (κ2) is 7.35. The maximum Gasteiger partial charge on any atom is 0.210 e. The van der Waals surface area contributed by atoms with Gasteiger partial charge in [0.2, 0.25) is 5.16 Å². The Hall–Kier alpha value is -1.54. The average molecular weight is 340 g/mol. The van der Waals surface area contributed by atoms with Crippen LogP contribution in [0.3, 0.4) is 0 Å². The summed E-state index contributed by atoms with van der Waals surface area (Å²) in [5, 5.41) is 12.4. The third-order valence-corrected chi connectivity index (χ3v) is 5.28. The van der Waals surface area contributed by atoms with Gasteiger partial charge in [0.05, 0.1) is 6.04 Å². The maximum atomic E-state index is 14.0. The van der Waals surface area contributed by atoms with Crippen LogP contribution < -0.4 is 0 Å². The van der Waals surface area contributed by atoms with Gasteiger partial charge in [0.25, 0.3) is 0 Å². The summed E-state index contributed by atoms with van der Waals surface area (Å²) in [7, 11) is 0. The summed E-state index contributed by atoms with van der Waals surface area (Å²) in [5.41, 5.74) is 0.473. The van der Waals surface area contributed by atoms with Crippen LogP contribution in [0.1, 0.15) is 43.0 Å². The Morgan fingerprint density at radius 1 is 1.35 bits per heavy atom. The first kappa shape index (κ1) is 16.3. The second-order valence-corrected chi connectivity index (χ2v) is 6.60. The minimum atomic E-state index is -0.571. The highest BCUT2D eigenvalue weighted by atomic mass is 32.2. The molecule has 1 atom stereocenters. The van der Waals surface area contributed by atoms with E-state index in [1.54, 1.807) is 4.68 Å². The molecule has 124 valence electrons. The number of benzene rings is 1. The number of hydrogen-bond acceptors (Lipinski definition) is 5. The van der Waals surface area contributed by atoms with Gasteiger partial charge in [0.15, 0.2) is 0 Å². The summed E-state index contributed by atoms with van der Waals surface area (Å²) < 4.78 is 34.3. The summed E-state index contributed by atoms with van der Waals surface area (Å²) in [4.78, 5) is 0. The van der Waals surface area contributed by atoms with Gasteiger partial charge in [0, 0.05) is 30.1 Å². The van der Waals surface area contributed by atoms with Crippen LogP contribution in [0.5, 0.6) is 0 Å². The van der Waals surface area contributed by atoms with E-state index in [0.717, 1.165) is 18.9 Å². The van der Waals surface area contributed by atoms with E-state index in [1.807, 2.05) is 6.92 Å². The fourth-order valence-electron chi connectivity index (χ4n) is 2.68. The lowest BCUT2D eigenvalue weighted by Gasteiger charge is -2.23. The zero-order valence-electron chi connectivity index (χ0n) is 12.8. The van der Waals surface area contributed by atoms with E-state index in [9.17, 15) is 8.78 Å². The first-order chi connectivity index (χ1) is 11.2. The zero-order valence-corrected chi connectivity index (χ0v) is 13.6. The molecule has 8 heteroatoms. The Morgan fingerprint density at radius 2 is 2.13 bits per heavy atom. The molecule has 1 saturated heterocycles. The third kappa shape index (κ3) is 3.69. The van der Waals surface area contributed by atoms with Crippen molar-refractivity contribution in [2.75, 3.05) is 13.2 Å². The van der Waals surface area contributed by atoms with Crippen molar-refractivity contribution in [3.8, 4) is 0 Å². The van der Waals surface area contributed by atoms with Crippen molar-refractivity contribution >= 4 is 11.8 Å². The van der Waals surface area contributed by atoms with Crippen LogP contribution in [0, 0.1) is 11.6 Å². The molecular formula is C15H18F2N4OS. The molecule has 0 saturated carbocycles. The highest BCUT2D eigenvalue weighted by Crippen LogP contribution is 2.39. The molecule has 23 heavy (non-hydrogen) atoms. The van der Waals surface area contributed by atoms with Crippen LogP contribution in [0.4, 0.5) is 8.78 Å². The van der Waals surface area contributed by atoms with Crippen molar-refractivity contribution in [2.45, 2.75) is 42.6 Å². The van der Waals surface area contributed by atoms with E-state index in [0.29, 0.717) is 30.4 Å². The Labute approximate surface area is 137 Å². The third-order valence-electron chi connectivity index (χ3n) is 3.93. The molecule has 2 heterocycles. The molecule has 1 unspecified atom stereocenters. The molecule has 5 nitrogen and oxygen atoms in total. The standard InChI is InChI=1S/C15H18F2N4OS/c1-2-14(12-4-3-10(16)9-13(12)17)23-15-18-19-20-21(15)11-5-7-22-8-6-11/h3-4,9,11,14H,2,5-8H2,1H3. The Kier molecular flexibility index (Phi) is 5.22. The fraction of sp³-hybridized carbons (Fsp3) is 0.533. The van der Waals surface area contributed by atoms with Gasteiger partial charge in [0.1, 0.15) is 11.6 Å². The quantitative estimate of drug-likeness (QED) is 0.779. The fourth-order valence-corrected chi connectivity index (χ4v) is 3.80. The normalized spacial score (nSPS) is 17.3. The van der Waals surface area contributed by atoms with Gasteiger partial charge in [-0.3, -0.25) is 0 Å². The monoisotopic (exact) mass is 340 g/mol. The predicted octanol–water partition coefficient (Wildman–Crippen LogP) is 3.55. The Bertz CT molecular complexity index is 661. The maximum absolute atomic E-state index is 14.0. The van der Waals surface area contributed by atoms with Crippen molar-refractivity contribution in [1.82, 2.24) is 20.2 Å². The molecule has 1 aliphatic heterocycles. The van der Waals surface area contributed by atoms with Crippen LogP contribution in [0.15, 0.2) is 23.4 Å². The molecule has 3 rings (SSSR count). The number of tetrazole rings is 1. The van der Waals surface area contributed by atoms with Crippen molar-refractivity contribution in [1.29, 1.82) is 0 Å². The number of aromatic nitrogens is 4. The van der Waals surface area contributed by atoms with E-state index in [1.165, 1.54) is 23.9 Å². The van der Waals surface area contributed by atoms with Crippen LogP contribution in [-0.2, 0) is 4.74 Å². The van der Waals surface area contributed by atoms with Crippen molar-refractivity contribution in [2.24, 2.45) is 0 Å². The van der Waals surface area contributed by atoms with Crippen LogP contribution in [0.2, 0.25) is 0 Å². The van der Waals surface area contributed by atoms with Gasteiger partial charge in [-0.05, 0) is 35.8 Å². The Morgan fingerprint density at radius 3 is 2.83 bits per heavy atom. The summed E-state index contributed by atoms with van der Waals surface area (Å²) in [5.74, 6) is -1.10. The van der Waals surface area contributed by atoms with Gasteiger partial charge < -0.3 is 4.74 Å². The highest BCUT2D eigenvalue weighted by Gasteiger charge is 2.24. The number of ether oxygens (including phenoxy) is 1. The first-order valence-electron chi connectivity index (χ1n) is 7.66. The lowest BCUT2D eigenvalue weighted by Crippen LogP contribution is -2.21. The van der Waals surface area contributed by atoms with Gasteiger partial charge in [-0.25, -0.2) is 13.5 Å². The number of nitrogens with zero attached hydrogens (tertiary/aromatic N) is 4. The zero-order chi connectivity index (χ0) is 16.2. The molecule has 1 fully saturated rings. The Balaban J connectivity index is 1.81. The van der Waals surface area contributed by atoms with E-state index >= 15 is 0 Å². The first-order valence-corrected chi connectivity index (χ1v) is 8.54. The highest BCUT2D eigenvalue weighted by molar-refractivity contribution is 7.99. The smallest absolute Gasteiger partial charge is 0.210 e. The van der Waals surface area contributed by atoms with Crippen LogP contribution in [-0.4, -0.2) is 33.4 Å². The molecule has 0 bridgehead atoms. The second-order valence-electron chi connectivity index (χ2n) is 5.43. The van der Waals surface area contributed by atoms with Gasteiger partial charge in [-0.2, -0.15) is 0 Å². The molecule has 1 aromatic carbocycles. The molecule has 0 radical (unpaired) electrons. The van der Waals surface area contributed by atoms with E-state index in [4.69, 9.17) is 4.74 Å². The van der Waals surface area contributed by atoms with Crippen LogP contribution in [0.25, 0.3) is 0 Å². The van der Waals surface area contributed by atoms with E-state index < -0.39 is 11.6 Å². The average Bonchev–Trinajstić information content (AvgIpc) is 3.02. The van der Waals surface area contributed by atoms with Gasteiger partial charge in [-0.15, -0.1) is 5.10 Å². The SMILES string of the molecule is CCC(Sc1nnnn1C1CCOCC1)c1ccc(F)cc1F.